The van der Waals surface area contributed by atoms with Crippen LogP contribution in [0.1, 0.15) is 29.6 Å². The highest BCUT2D eigenvalue weighted by molar-refractivity contribution is 7.99. The lowest BCUT2D eigenvalue weighted by atomic mass is 10.2. The second-order valence-electron chi connectivity index (χ2n) is 4.19. The Kier molecular flexibility index (Phi) is 3.89. The zero-order valence-electron chi connectivity index (χ0n) is 9.72. The lowest BCUT2D eigenvalue weighted by molar-refractivity contribution is 0.0696. The SMILES string of the molecule is CSC1CCCC1Nc1ccc(C(=O)O)cn1. The number of thioether (sulfide) groups is 1. The summed E-state index contributed by atoms with van der Waals surface area (Å²) in [5, 5.41) is 12.8. The Labute approximate surface area is 105 Å². The zero-order chi connectivity index (χ0) is 12.3. The summed E-state index contributed by atoms with van der Waals surface area (Å²) in [4.78, 5) is 14.8. The van der Waals surface area contributed by atoms with E-state index in [0.717, 1.165) is 12.2 Å². The van der Waals surface area contributed by atoms with Crippen molar-refractivity contribution in [2.24, 2.45) is 0 Å². The van der Waals surface area contributed by atoms with Gasteiger partial charge in [-0.25, -0.2) is 9.78 Å². The molecule has 1 heterocycles. The number of carboxylic acid groups (broad SMARTS) is 1. The van der Waals surface area contributed by atoms with Crippen LogP contribution in [0.4, 0.5) is 5.82 Å². The van der Waals surface area contributed by atoms with Gasteiger partial charge < -0.3 is 10.4 Å². The van der Waals surface area contributed by atoms with E-state index in [1.54, 1.807) is 12.1 Å². The molecular formula is C12H16N2O2S. The maximum Gasteiger partial charge on any atom is 0.337 e. The molecule has 0 saturated heterocycles. The van der Waals surface area contributed by atoms with E-state index in [4.69, 9.17) is 5.11 Å². The normalized spacial score (nSPS) is 23.6. The first-order chi connectivity index (χ1) is 8.20. The third-order valence-electron chi connectivity index (χ3n) is 3.10. The number of rotatable bonds is 4. The van der Waals surface area contributed by atoms with E-state index in [0.29, 0.717) is 11.3 Å². The Morgan fingerprint density at radius 2 is 2.35 bits per heavy atom. The molecule has 0 spiro atoms. The fourth-order valence-corrected chi connectivity index (χ4v) is 3.10. The summed E-state index contributed by atoms with van der Waals surface area (Å²) in [6, 6.07) is 3.77. The Bertz CT molecular complexity index is 394. The number of hydrogen-bond donors (Lipinski definition) is 2. The second-order valence-corrected chi connectivity index (χ2v) is 5.27. The Morgan fingerprint density at radius 3 is 2.94 bits per heavy atom. The predicted octanol–water partition coefficient (Wildman–Crippen LogP) is 2.48. The van der Waals surface area contributed by atoms with Crippen molar-refractivity contribution in [2.45, 2.75) is 30.6 Å². The smallest absolute Gasteiger partial charge is 0.337 e. The Balaban J connectivity index is 2.01. The van der Waals surface area contributed by atoms with Gasteiger partial charge in [-0.2, -0.15) is 11.8 Å². The molecule has 1 aliphatic rings. The number of carbonyl (C=O) groups is 1. The molecule has 0 aromatic carbocycles. The average Bonchev–Trinajstić information content (AvgIpc) is 2.77. The van der Waals surface area contributed by atoms with Gasteiger partial charge in [0.05, 0.1) is 5.56 Å². The van der Waals surface area contributed by atoms with Crippen LogP contribution in [0, 0.1) is 0 Å². The molecule has 1 fully saturated rings. The van der Waals surface area contributed by atoms with Crippen LogP contribution in [0.25, 0.3) is 0 Å². The maximum absolute atomic E-state index is 10.7. The first-order valence-electron chi connectivity index (χ1n) is 5.69. The largest absolute Gasteiger partial charge is 0.478 e. The molecule has 1 saturated carbocycles. The summed E-state index contributed by atoms with van der Waals surface area (Å²) in [5.74, 6) is -0.173. The molecule has 1 aromatic heterocycles. The molecule has 0 bridgehead atoms. The van der Waals surface area contributed by atoms with E-state index in [-0.39, 0.29) is 5.56 Å². The maximum atomic E-state index is 10.7. The molecule has 2 N–H and O–H groups in total. The van der Waals surface area contributed by atoms with Crippen LogP contribution in [0.3, 0.4) is 0 Å². The monoisotopic (exact) mass is 252 g/mol. The fourth-order valence-electron chi connectivity index (χ4n) is 2.17. The van der Waals surface area contributed by atoms with Gasteiger partial charge in [0.25, 0.3) is 0 Å². The molecule has 2 atom stereocenters. The number of aromatic nitrogens is 1. The summed E-state index contributed by atoms with van der Waals surface area (Å²) < 4.78 is 0. The van der Waals surface area contributed by atoms with Crippen LogP contribution >= 0.6 is 11.8 Å². The van der Waals surface area contributed by atoms with Gasteiger partial charge in [0.1, 0.15) is 5.82 Å². The van der Waals surface area contributed by atoms with Crippen molar-refractivity contribution in [3.63, 3.8) is 0 Å². The molecule has 2 rings (SSSR count). The van der Waals surface area contributed by atoms with Crippen LogP contribution in [0.5, 0.6) is 0 Å². The molecule has 2 unspecified atom stereocenters. The lowest BCUT2D eigenvalue weighted by Gasteiger charge is -2.19. The molecule has 92 valence electrons. The topological polar surface area (TPSA) is 62.2 Å². The van der Waals surface area contributed by atoms with Crippen molar-refractivity contribution in [1.29, 1.82) is 0 Å². The highest BCUT2D eigenvalue weighted by Crippen LogP contribution is 2.30. The van der Waals surface area contributed by atoms with Crippen LogP contribution in [0.15, 0.2) is 18.3 Å². The van der Waals surface area contributed by atoms with E-state index in [1.165, 1.54) is 19.0 Å². The molecule has 0 aliphatic heterocycles. The Hall–Kier alpha value is -1.23. The van der Waals surface area contributed by atoms with Crippen LogP contribution in [-0.2, 0) is 0 Å². The standard InChI is InChI=1S/C12H16N2O2S/c1-17-10-4-2-3-9(10)14-11-6-5-8(7-13-11)12(15)16/h5-7,9-10H,2-4H2,1H3,(H,13,14)(H,15,16). The van der Waals surface area contributed by atoms with Gasteiger partial charge in [-0.15, -0.1) is 0 Å². The quantitative estimate of drug-likeness (QED) is 0.862. The minimum atomic E-state index is -0.938. The molecule has 5 heteroatoms. The number of pyridine rings is 1. The minimum Gasteiger partial charge on any atom is -0.478 e. The van der Waals surface area contributed by atoms with Gasteiger partial charge in [-0.1, -0.05) is 6.42 Å². The van der Waals surface area contributed by atoms with E-state index >= 15 is 0 Å². The van der Waals surface area contributed by atoms with E-state index in [1.807, 2.05) is 11.8 Å². The average molecular weight is 252 g/mol. The van der Waals surface area contributed by atoms with Crippen molar-refractivity contribution in [1.82, 2.24) is 4.98 Å². The zero-order valence-corrected chi connectivity index (χ0v) is 10.5. The summed E-state index contributed by atoms with van der Waals surface area (Å²) in [7, 11) is 0. The first-order valence-corrected chi connectivity index (χ1v) is 6.98. The highest BCUT2D eigenvalue weighted by Gasteiger charge is 2.26. The van der Waals surface area contributed by atoms with Crippen molar-refractivity contribution >= 4 is 23.5 Å². The number of hydrogen-bond acceptors (Lipinski definition) is 4. The van der Waals surface area contributed by atoms with Crippen LogP contribution < -0.4 is 5.32 Å². The predicted molar refractivity (Wildman–Crippen MR) is 69.8 cm³/mol. The first kappa shape index (κ1) is 12.2. The highest BCUT2D eigenvalue weighted by atomic mass is 32.2. The van der Waals surface area contributed by atoms with Crippen molar-refractivity contribution in [3.05, 3.63) is 23.9 Å². The Morgan fingerprint density at radius 1 is 1.53 bits per heavy atom. The van der Waals surface area contributed by atoms with Gasteiger partial charge in [-0.3, -0.25) is 0 Å². The van der Waals surface area contributed by atoms with Crippen LogP contribution in [0.2, 0.25) is 0 Å². The fraction of sp³-hybridized carbons (Fsp3) is 0.500. The molecule has 0 radical (unpaired) electrons. The summed E-state index contributed by atoms with van der Waals surface area (Å²) in [6.07, 6.45) is 7.18. The number of carboxylic acids is 1. The van der Waals surface area contributed by atoms with Gasteiger partial charge in [0, 0.05) is 17.5 Å². The number of aromatic carboxylic acids is 1. The van der Waals surface area contributed by atoms with Crippen molar-refractivity contribution < 1.29 is 9.90 Å². The van der Waals surface area contributed by atoms with Gasteiger partial charge in [0.15, 0.2) is 0 Å². The van der Waals surface area contributed by atoms with Crippen LogP contribution in [-0.4, -0.2) is 33.6 Å². The van der Waals surface area contributed by atoms with E-state index in [9.17, 15) is 4.79 Å². The summed E-state index contributed by atoms with van der Waals surface area (Å²) in [6.45, 7) is 0. The van der Waals surface area contributed by atoms with E-state index < -0.39 is 5.97 Å². The van der Waals surface area contributed by atoms with Crippen molar-refractivity contribution in [2.75, 3.05) is 11.6 Å². The van der Waals surface area contributed by atoms with E-state index in [2.05, 4.69) is 16.6 Å². The molecule has 1 aliphatic carbocycles. The molecule has 0 amide bonds. The molecule has 17 heavy (non-hydrogen) atoms. The minimum absolute atomic E-state index is 0.225. The third kappa shape index (κ3) is 2.91. The number of nitrogens with one attached hydrogen (secondary N) is 1. The molecular weight excluding hydrogens is 236 g/mol. The number of anilines is 1. The van der Waals surface area contributed by atoms with Gasteiger partial charge in [0.2, 0.25) is 0 Å². The summed E-state index contributed by atoms with van der Waals surface area (Å²) in [5.41, 5.74) is 0.225. The third-order valence-corrected chi connectivity index (χ3v) is 4.27. The lowest BCUT2D eigenvalue weighted by Crippen LogP contribution is -2.26. The molecule has 1 aromatic rings. The molecule has 4 nitrogen and oxygen atoms in total. The number of nitrogens with zero attached hydrogens (tertiary/aromatic N) is 1. The van der Waals surface area contributed by atoms with Gasteiger partial charge >= 0.3 is 5.97 Å². The van der Waals surface area contributed by atoms with Crippen molar-refractivity contribution in [3.8, 4) is 0 Å². The second kappa shape index (κ2) is 5.40. The van der Waals surface area contributed by atoms with Gasteiger partial charge in [-0.05, 0) is 31.2 Å². The summed E-state index contributed by atoms with van der Waals surface area (Å²) >= 11 is 1.88.